The van der Waals surface area contributed by atoms with Crippen LogP contribution in [0.3, 0.4) is 0 Å². The summed E-state index contributed by atoms with van der Waals surface area (Å²) in [6, 6.07) is 0. The van der Waals surface area contributed by atoms with Crippen LogP contribution < -0.4 is 0 Å². The third-order valence-electron chi connectivity index (χ3n) is 1.18. The van der Waals surface area contributed by atoms with Crippen LogP contribution >= 0.6 is 0 Å². The topological polar surface area (TPSA) is 37.3 Å². The van der Waals surface area contributed by atoms with Crippen molar-refractivity contribution in [2.75, 3.05) is 0 Å². The molecule has 0 saturated carbocycles. The molecule has 9 heavy (non-hydrogen) atoms. The van der Waals surface area contributed by atoms with Crippen molar-refractivity contribution in [1.29, 1.82) is 0 Å². The van der Waals surface area contributed by atoms with Crippen LogP contribution in [0.5, 0.6) is 0 Å². The number of allylic oxidation sites excluding steroid dienone is 1. The van der Waals surface area contributed by atoms with Crippen molar-refractivity contribution in [2.45, 2.75) is 20.3 Å². The number of rotatable bonds is 3. The standard InChI is InChI=1S/C7H12O2/c1-3-5-6(4-2)7(8)9/h3,5-6H,4H2,1-2H3,(H,8,9)/b5-3-. The molecule has 0 radical (unpaired) electrons. The zero-order chi connectivity index (χ0) is 7.28. The fourth-order valence-corrected chi connectivity index (χ4v) is 0.625. The number of carboxylic acid groups (broad SMARTS) is 1. The summed E-state index contributed by atoms with van der Waals surface area (Å²) in [4.78, 5) is 10.3. The predicted octanol–water partition coefficient (Wildman–Crippen LogP) is 1.67. The first-order chi connectivity index (χ1) is 4.22. The molecule has 0 aliphatic rings. The zero-order valence-electron chi connectivity index (χ0n) is 5.79. The predicted molar refractivity (Wildman–Crippen MR) is 36.2 cm³/mol. The van der Waals surface area contributed by atoms with Gasteiger partial charge in [-0.3, -0.25) is 4.79 Å². The summed E-state index contributed by atoms with van der Waals surface area (Å²) in [5, 5.41) is 8.45. The largest absolute Gasteiger partial charge is 0.481 e. The first kappa shape index (κ1) is 8.21. The van der Waals surface area contributed by atoms with E-state index in [4.69, 9.17) is 5.11 Å². The second kappa shape index (κ2) is 4.13. The Morgan fingerprint density at radius 2 is 2.33 bits per heavy atom. The molecule has 0 aromatic heterocycles. The first-order valence-corrected chi connectivity index (χ1v) is 3.08. The van der Waals surface area contributed by atoms with E-state index in [2.05, 4.69) is 0 Å². The molecule has 0 aliphatic carbocycles. The number of hydrogen-bond donors (Lipinski definition) is 1. The summed E-state index contributed by atoms with van der Waals surface area (Å²) in [6.07, 6.45) is 4.13. The van der Waals surface area contributed by atoms with Crippen molar-refractivity contribution in [3.8, 4) is 0 Å². The second-order valence-corrected chi connectivity index (χ2v) is 1.88. The molecule has 0 heterocycles. The van der Waals surface area contributed by atoms with Crippen molar-refractivity contribution >= 4 is 5.97 Å². The van der Waals surface area contributed by atoms with Gasteiger partial charge in [-0.15, -0.1) is 0 Å². The molecule has 2 heteroatoms. The van der Waals surface area contributed by atoms with Gasteiger partial charge >= 0.3 is 5.97 Å². The summed E-state index contributed by atoms with van der Waals surface area (Å²) in [7, 11) is 0. The summed E-state index contributed by atoms with van der Waals surface area (Å²) < 4.78 is 0. The summed E-state index contributed by atoms with van der Waals surface area (Å²) in [5.41, 5.74) is 0. The lowest BCUT2D eigenvalue weighted by atomic mass is 10.1. The van der Waals surface area contributed by atoms with Gasteiger partial charge in [-0.25, -0.2) is 0 Å². The molecule has 0 bridgehead atoms. The summed E-state index contributed by atoms with van der Waals surface area (Å²) >= 11 is 0. The molecule has 52 valence electrons. The molecule has 0 saturated heterocycles. The molecule has 0 aliphatic heterocycles. The Kier molecular flexibility index (Phi) is 3.76. The van der Waals surface area contributed by atoms with Crippen molar-refractivity contribution in [3.05, 3.63) is 12.2 Å². The van der Waals surface area contributed by atoms with Crippen LogP contribution in [-0.2, 0) is 4.79 Å². The number of aliphatic carboxylic acids is 1. The fraction of sp³-hybridized carbons (Fsp3) is 0.571. The van der Waals surface area contributed by atoms with Crippen LogP contribution in [0.1, 0.15) is 20.3 Å². The highest BCUT2D eigenvalue weighted by Gasteiger charge is 2.08. The van der Waals surface area contributed by atoms with E-state index in [1.54, 1.807) is 12.2 Å². The lowest BCUT2D eigenvalue weighted by Crippen LogP contribution is -2.08. The Morgan fingerprint density at radius 3 is 2.44 bits per heavy atom. The lowest BCUT2D eigenvalue weighted by Gasteiger charge is -2.00. The normalized spacial score (nSPS) is 14.0. The van der Waals surface area contributed by atoms with E-state index in [0.717, 1.165) is 0 Å². The maximum atomic E-state index is 10.3. The minimum absolute atomic E-state index is 0.296. The second-order valence-electron chi connectivity index (χ2n) is 1.88. The molecule has 2 nitrogen and oxygen atoms in total. The van der Waals surface area contributed by atoms with Crippen molar-refractivity contribution < 1.29 is 9.90 Å². The Bertz CT molecular complexity index is 116. The number of carboxylic acids is 1. The quantitative estimate of drug-likeness (QED) is 0.587. The highest BCUT2D eigenvalue weighted by molar-refractivity contribution is 5.71. The highest BCUT2D eigenvalue weighted by Crippen LogP contribution is 2.03. The van der Waals surface area contributed by atoms with Gasteiger partial charge in [0.1, 0.15) is 0 Å². The molecule has 1 N–H and O–H groups in total. The SMILES string of the molecule is C/C=C\C(CC)C(=O)O. The Morgan fingerprint density at radius 1 is 1.78 bits per heavy atom. The minimum Gasteiger partial charge on any atom is -0.481 e. The molecule has 0 spiro atoms. The van der Waals surface area contributed by atoms with E-state index in [9.17, 15) is 4.79 Å². The van der Waals surface area contributed by atoms with Gasteiger partial charge in [0.2, 0.25) is 0 Å². The van der Waals surface area contributed by atoms with E-state index in [1.165, 1.54) is 0 Å². The highest BCUT2D eigenvalue weighted by atomic mass is 16.4. The maximum Gasteiger partial charge on any atom is 0.310 e. The van der Waals surface area contributed by atoms with Gasteiger partial charge in [-0.1, -0.05) is 19.1 Å². The number of hydrogen-bond acceptors (Lipinski definition) is 1. The third kappa shape index (κ3) is 2.90. The average Bonchev–Trinajstić information content (AvgIpc) is 1.82. The van der Waals surface area contributed by atoms with Gasteiger partial charge in [0.15, 0.2) is 0 Å². The summed E-state index contributed by atoms with van der Waals surface area (Å²) in [5.74, 6) is -1.04. The molecule has 0 fully saturated rings. The molecule has 0 aromatic rings. The van der Waals surface area contributed by atoms with Crippen molar-refractivity contribution in [1.82, 2.24) is 0 Å². The van der Waals surface area contributed by atoms with Crippen LogP contribution in [0, 0.1) is 5.92 Å². The molecule has 0 amide bonds. The van der Waals surface area contributed by atoms with Crippen molar-refractivity contribution in [2.24, 2.45) is 5.92 Å². The fourth-order valence-electron chi connectivity index (χ4n) is 0.625. The molecule has 1 atom stereocenters. The van der Waals surface area contributed by atoms with Crippen LogP contribution in [-0.4, -0.2) is 11.1 Å². The van der Waals surface area contributed by atoms with E-state index >= 15 is 0 Å². The van der Waals surface area contributed by atoms with Crippen LogP contribution in [0.2, 0.25) is 0 Å². The first-order valence-electron chi connectivity index (χ1n) is 3.08. The van der Waals surface area contributed by atoms with Gasteiger partial charge in [0.05, 0.1) is 5.92 Å². The lowest BCUT2D eigenvalue weighted by molar-refractivity contribution is -0.140. The third-order valence-corrected chi connectivity index (χ3v) is 1.18. The van der Waals surface area contributed by atoms with Gasteiger partial charge in [-0.2, -0.15) is 0 Å². The van der Waals surface area contributed by atoms with E-state index in [-0.39, 0.29) is 5.92 Å². The van der Waals surface area contributed by atoms with Crippen LogP contribution in [0.4, 0.5) is 0 Å². The zero-order valence-corrected chi connectivity index (χ0v) is 5.79. The average molecular weight is 128 g/mol. The van der Waals surface area contributed by atoms with Crippen LogP contribution in [0.15, 0.2) is 12.2 Å². The van der Waals surface area contributed by atoms with Crippen LogP contribution in [0.25, 0.3) is 0 Å². The van der Waals surface area contributed by atoms with E-state index in [1.807, 2.05) is 13.8 Å². The van der Waals surface area contributed by atoms with Crippen molar-refractivity contribution in [3.63, 3.8) is 0 Å². The van der Waals surface area contributed by atoms with Gasteiger partial charge in [0, 0.05) is 0 Å². The summed E-state index contributed by atoms with van der Waals surface area (Å²) in [6.45, 7) is 3.68. The Balaban J connectivity index is 3.83. The van der Waals surface area contributed by atoms with Gasteiger partial charge in [0.25, 0.3) is 0 Å². The molecule has 1 unspecified atom stereocenters. The number of carbonyl (C=O) groups is 1. The maximum absolute atomic E-state index is 10.3. The van der Waals surface area contributed by atoms with E-state index < -0.39 is 5.97 Å². The Labute approximate surface area is 55.2 Å². The Hall–Kier alpha value is -0.790. The molecule has 0 aromatic carbocycles. The molecular weight excluding hydrogens is 116 g/mol. The minimum atomic E-state index is -0.740. The van der Waals surface area contributed by atoms with E-state index in [0.29, 0.717) is 6.42 Å². The monoisotopic (exact) mass is 128 g/mol. The molecule has 0 rings (SSSR count). The van der Waals surface area contributed by atoms with Gasteiger partial charge in [-0.05, 0) is 13.3 Å². The molecular formula is C7H12O2. The van der Waals surface area contributed by atoms with Gasteiger partial charge < -0.3 is 5.11 Å². The smallest absolute Gasteiger partial charge is 0.310 e.